The molecule has 16 heteroatoms. The van der Waals surface area contributed by atoms with Crippen LogP contribution in [0.3, 0.4) is 0 Å². The highest BCUT2D eigenvalue weighted by atomic mass is 31.2. The Morgan fingerprint density at radius 1 is 1.41 bits per heavy atom. The Bertz CT molecular complexity index is 758. The second kappa shape index (κ2) is 10.2. The van der Waals surface area contributed by atoms with Crippen LogP contribution in [0.25, 0.3) is 0 Å². The van der Waals surface area contributed by atoms with Crippen molar-refractivity contribution in [3.05, 3.63) is 22.7 Å². The summed E-state index contributed by atoms with van der Waals surface area (Å²) in [5.74, 6) is -0.0609. The fourth-order valence-corrected chi connectivity index (χ4v) is 3.54. The smallest absolute Gasteiger partial charge is 0.383 e. The van der Waals surface area contributed by atoms with Crippen LogP contribution in [0.5, 0.6) is 0 Å². The Morgan fingerprint density at radius 3 is 2.66 bits per heavy atom. The van der Waals surface area contributed by atoms with Crippen molar-refractivity contribution in [1.29, 1.82) is 0 Å². The van der Waals surface area contributed by atoms with Gasteiger partial charge in [-0.25, -0.2) is 4.79 Å². The summed E-state index contributed by atoms with van der Waals surface area (Å²) in [6.07, 6.45) is -4.63. The van der Waals surface area contributed by atoms with Gasteiger partial charge in [0.15, 0.2) is 18.6 Å². The molecule has 0 saturated carbocycles. The van der Waals surface area contributed by atoms with Crippen LogP contribution in [0.2, 0.25) is 0 Å². The number of ether oxygens (including phenoxy) is 2. The molecule has 0 amide bonds. The lowest BCUT2D eigenvalue weighted by Crippen LogP contribution is -2.41. The molecule has 2 rings (SSSR count). The van der Waals surface area contributed by atoms with Crippen LogP contribution in [0, 0.1) is 0 Å². The summed E-state index contributed by atoms with van der Waals surface area (Å²) < 4.78 is 32.8. The maximum Gasteiger partial charge on any atom is 0.695 e. The standard InChI is InChI=1S/C13H21N3O11P2/c1-2-3-9(17)26-11-10(27-28(19)20)7(6-24-29(21,22)23)25-12(11)16-5-4-8(14)15-13(16)18/h4-5,7,9-12,17,21-23H,2-3,6H2,1H3,(H-2,14,15,18,19,20)/p+2/t7-,9?,10-,11-,12-/m1/s1. The number of rotatable bonds is 10. The van der Waals surface area contributed by atoms with Gasteiger partial charge in [-0.05, 0) is 12.5 Å². The molecule has 1 aromatic heterocycles. The van der Waals surface area contributed by atoms with Gasteiger partial charge in [0.25, 0.3) is 0 Å². The van der Waals surface area contributed by atoms with Crippen LogP contribution in [-0.4, -0.2) is 65.4 Å². The van der Waals surface area contributed by atoms with Gasteiger partial charge in [-0.2, -0.15) is 24.2 Å². The molecule has 1 aromatic rings. The summed E-state index contributed by atoms with van der Waals surface area (Å²) in [6, 6.07) is 1.29. The highest BCUT2D eigenvalue weighted by Crippen LogP contribution is 2.47. The summed E-state index contributed by atoms with van der Waals surface area (Å²) in [5.41, 5.74) is 4.63. The third-order valence-corrected chi connectivity index (χ3v) is 4.80. The van der Waals surface area contributed by atoms with Gasteiger partial charge >= 0.3 is 22.1 Å². The summed E-state index contributed by atoms with van der Waals surface area (Å²) in [6.45, 7) is 1.09. The molecule has 1 fully saturated rings. The van der Waals surface area contributed by atoms with Crippen molar-refractivity contribution < 1.29 is 47.8 Å². The summed E-state index contributed by atoms with van der Waals surface area (Å²) in [5, 5.41) is 10.0. The average molecular weight is 459 g/mol. The molecule has 0 spiro atoms. The molecule has 1 saturated heterocycles. The molecule has 0 aliphatic carbocycles. The van der Waals surface area contributed by atoms with E-state index in [0.717, 1.165) is 4.57 Å². The number of aliphatic hydroxyl groups is 1. The van der Waals surface area contributed by atoms with Gasteiger partial charge in [-0.15, -0.1) is 9.42 Å². The number of hydrogen-bond acceptors (Lipinski definition) is 12. The number of nitrogens with two attached hydrogens (primary N) is 1. The minimum Gasteiger partial charge on any atom is -0.383 e. The molecule has 7 N–H and O–H groups in total. The molecule has 14 nitrogen and oxygen atoms in total. The third-order valence-electron chi connectivity index (χ3n) is 3.88. The first kappa shape index (κ1) is 24.1. The van der Waals surface area contributed by atoms with E-state index in [-0.39, 0.29) is 12.2 Å². The van der Waals surface area contributed by atoms with Gasteiger partial charge in [0.2, 0.25) is 0 Å². The normalized spacial score (nSPS) is 26.5. The van der Waals surface area contributed by atoms with Gasteiger partial charge in [-0.1, -0.05) is 13.3 Å². The fraction of sp³-hybridized carbons (Fsp3) is 0.692. The zero-order valence-electron chi connectivity index (χ0n) is 15.2. The van der Waals surface area contributed by atoms with E-state index in [1.54, 1.807) is 6.92 Å². The number of hydrogen-bond donors (Lipinski definition) is 6. The molecule has 1 aliphatic rings. The second-order valence-electron chi connectivity index (χ2n) is 6.07. The minimum absolute atomic E-state index is 0.0609. The van der Waals surface area contributed by atoms with Crippen molar-refractivity contribution in [1.82, 2.24) is 9.55 Å². The van der Waals surface area contributed by atoms with E-state index in [1.165, 1.54) is 12.3 Å². The van der Waals surface area contributed by atoms with Gasteiger partial charge < -0.3 is 20.3 Å². The lowest BCUT2D eigenvalue weighted by molar-refractivity contribution is -0.178. The first-order valence-corrected chi connectivity index (χ1v) is 11.1. The third kappa shape index (κ3) is 6.95. The molecule has 1 aliphatic heterocycles. The molecule has 0 radical (unpaired) electrons. The summed E-state index contributed by atoms with van der Waals surface area (Å²) in [7, 11) is -7.84. The van der Waals surface area contributed by atoms with Crippen molar-refractivity contribution in [3.63, 3.8) is 0 Å². The minimum atomic E-state index is -4.65. The van der Waals surface area contributed by atoms with Crippen LogP contribution in [0.1, 0.15) is 26.0 Å². The van der Waals surface area contributed by atoms with Crippen molar-refractivity contribution in [2.75, 3.05) is 12.3 Å². The van der Waals surface area contributed by atoms with E-state index in [0.29, 0.717) is 6.42 Å². The van der Waals surface area contributed by atoms with E-state index < -0.39 is 59.6 Å². The predicted octanol–water partition coefficient (Wildman–Crippen LogP) is -1.07. The summed E-state index contributed by atoms with van der Waals surface area (Å²) in [4.78, 5) is 52.1. The zero-order valence-corrected chi connectivity index (χ0v) is 17.0. The van der Waals surface area contributed by atoms with Gasteiger partial charge in [0, 0.05) is 10.8 Å². The number of anilines is 1. The van der Waals surface area contributed by atoms with E-state index >= 15 is 0 Å². The SMILES string of the molecule is CCCC(O)O[C@@H]1[C@H](O[P+](=O)O)[C@@H](CO[P+](O)(O)O)O[C@H]1n1ccc(N)nc1=O. The largest absolute Gasteiger partial charge is 0.695 e. The van der Waals surface area contributed by atoms with Crippen LogP contribution >= 0.6 is 16.4 Å². The number of aliphatic hydroxyl groups excluding tert-OH is 1. The van der Waals surface area contributed by atoms with Crippen molar-refractivity contribution in [2.45, 2.75) is 50.6 Å². The first-order valence-electron chi connectivity index (χ1n) is 8.40. The van der Waals surface area contributed by atoms with Crippen LogP contribution in [-0.2, 0) is 23.1 Å². The molecule has 29 heavy (non-hydrogen) atoms. The van der Waals surface area contributed by atoms with Gasteiger partial charge in [-0.3, -0.25) is 4.57 Å². The van der Waals surface area contributed by atoms with Gasteiger partial charge in [0.1, 0.15) is 24.6 Å². The topological polar surface area (TPSA) is 216 Å². The molecule has 2 unspecified atom stereocenters. The van der Waals surface area contributed by atoms with Crippen LogP contribution < -0.4 is 11.4 Å². The second-order valence-corrected chi connectivity index (χ2v) is 8.04. The van der Waals surface area contributed by atoms with Crippen molar-refractivity contribution in [3.8, 4) is 0 Å². The molecule has 0 aromatic carbocycles. The van der Waals surface area contributed by atoms with Crippen LogP contribution in [0.4, 0.5) is 5.82 Å². The number of aromatic nitrogens is 2. The maximum atomic E-state index is 12.2. The van der Waals surface area contributed by atoms with Crippen molar-refractivity contribution >= 4 is 22.2 Å². The zero-order chi connectivity index (χ0) is 21.8. The Balaban J connectivity index is 2.39. The predicted molar refractivity (Wildman–Crippen MR) is 96.8 cm³/mol. The van der Waals surface area contributed by atoms with Crippen molar-refractivity contribution in [2.24, 2.45) is 0 Å². The highest BCUT2D eigenvalue weighted by molar-refractivity contribution is 7.53. The van der Waals surface area contributed by atoms with E-state index in [9.17, 15) is 19.4 Å². The molecular formula is C13H23N3O11P2+2. The Hall–Kier alpha value is -1.15. The average Bonchev–Trinajstić information content (AvgIpc) is 2.89. The van der Waals surface area contributed by atoms with E-state index in [4.69, 9.17) is 34.4 Å². The highest BCUT2D eigenvalue weighted by Gasteiger charge is 2.54. The number of nitrogen functional groups attached to an aromatic ring is 1. The van der Waals surface area contributed by atoms with E-state index in [1.807, 2.05) is 0 Å². The first-order chi connectivity index (χ1) is 13.5. The Morgan fingerprint density at radius 2 is 2.10 bits per heavy atom. The lowest BCUT2D eigenvalue weighted by atomic mass is 10.1. The Labute approximate surface area is 166 Å². The number of nitrogens with zero attached hydrogens (tertiary/aromatic N) is 2. The van der Waals surface area contributed by atoms with E-state index in [2.05, 4.69) is 9.51 Å². The Kier molecular flexibility index (Phi) is 8.52. The van der Waals surface area contributed by atoms with Gasteiger partial charge in [0.05, 0.1) is 0 Å². The lowest BCUT2D eigenvalue weighted by Gasteiger charge is -2.24. The van der Waals surface area contributed by atoms with Crippen LogP contribution in [0.15, 0.2) is 17.1 Å². The maximum absolute atomic E-state index is 12.2. The quantitative estimate of drug-likeness (QED) is 0.182. The molecule has 2 heterocycles. The fourth-order valence-electron chi connectivity index (χ4n) is 2.73. The molecule has 0 bridgehead atoms. The summed E-state index contributed by atoms with van der Waals surface area (Å²) >= 11 is 0. The molecular weight excluding hydrogens is 436 g/mol. The molecule has 6 atom stereocenters. The monoisotopic (exact) mass is 459 g/mol. The molecule has 164 valence electrons.